The Morgan fingerprint density at radius 2 is 2.23 bits per heavy atom. The fourth-order valence-corrected chi connectivity index (χ4v) is 4.55. The minimum absolute atomic E-state index is 0.139. The summed E-state index contributed by atoms with van der Waals surface area (Å²) in [5.74, 6) is 0.474. The number of nitrogens with zero attached hydrogens (tertiary/aromatic N) is 4. The van der Waals surface area contributed by atoms with Gasteiger partial charge in [-0.1, -0.05) is 0 Å². The van der Waals surface area contributed by atoms with E-state index in [1.54, 1.807) is 13.1 Å². The predicted molar refractivity (Wildman–Crippen MR) is 96.8 cm³/mol. The van der Waals surface area contributed by atoms with E-state index >= 15 is 0 Å². The highest BCUT2D eigenvalue weighted by molar-refractivity contribution is 7.11. The van der Waals surface area contributed by atoms with Gasteiger partial charge in [0.05, 0.1) is 19.2 Å². The van der Waals surface area contributed by atoms with E-state index in [0.717, 1.165) is 30.2 Å². The largest absolute Gasteiger partial charge is 0.466 e. The molecule has 4 heterocycles. The number of amidine groups is 1. The molecule has 9 heteroatoms. The number of esters is 1. The molecule has 0 spiro atoms. The number of likely N-dealkylation sites (tertiary alicyclic amines) is 2. The molecule has 2 bridgehead atoms. The summed E-state index contributed by atoms with van der Waals surface area (Å²) >= 11 is 1.50. The molecule has 8 nitrogen and oxygen atoms in total. The van der Waals surface area contributed by atoms with Crippen molar-refractivity contribution >= 4 is 29.0 Å². The maximum atomic E-state index is 12.2. The number of amides is 1. The van der Waals surface area contributed by atoms with Gasteiger partial charge >= 0.3 is 5.97 Å². The summed E-state index contributed by atoms with van der Waals surface area (Å²) < 4.78 is 4.93. The van der Waals surface area contributed by atoms with Gasteiger partial charge in [0.25, 0.3) is 0 Å². The molecular weight excluding hydrogens is 354 g/mol. The van der Waals surface area contributed by atoms with E-state index in [-0.39, 0.29) is 24.5 Å². The molecule has 138 valence electrons. The van der Waals surface area contributed by atoms with Crippen LogP contribution in [0.15, 0.2) is 27.8 Å². The van der Waals surface area contributed by atoms with E-state index in [0.29, 0.717) is 24.0 Å². The van der Waals surface area contributed by atoms with Crippen molar-refractivity contribution in [1.29, 1.82) is 0 Å². The van der Waals surface area contributed by atoms with Gasteiger partial charge in [0.15, 0.2) is 10.8 Å². The molecular formula is C17H21N5O3S. The number of carbonyl (C=O) groups excluding carboxylic acids is 2. The average molecular weight is 375 g/mol. The molecule has 0 aliphatic carbocycles. The van der Waals surface area contributed by atoms with E-state index in [2.05, 4.69) is 20.2 Å². The lowest BCUT2D eigenvalue weighted by molar-refractivity contribution is -0.136. The fourth-order valence-electron chi connectivity index (χ4n) is 3.95. The maximum Gasteiger partial charge on any atom is 0.337 e. The zero-order valence-electron chi connectivity index (χ0n) is 14.8. The zero-order chi connectivity index (χ0) is 18.3. The molecule has 0 radical (unpaired) electrons. The summed E-state index contributed by atoms with van der Waals surface area (Å²) in [4.78, 5) is 36.9. The fraction of sp³-hybridized carbons (Fsp3) is 0.529. The van der Waals surface area contributed by atoms with E-state index in [1.807, 2.05) is 10.3 Å². The number of aliphatic imine (C=N–C) groups is 1. The Bertz CT molecular complexity index is 788. The minimum Gasteiger partial charge on any atom is -0.466 e. The molecule has 2 unspecified atom stereocenters. The molecule has 4 rings (SSSR count). The third kappa shape index (κ3) is 3.01. The molecule has 0 aromatic carbocycles. The number of fused-ring (bicyclic) bond motifs is 2. The van der Waals surface area contributed by atoms with Crippen molar-refractivity contribution < 1.29 is 14.3 Å². The molecule has 2 saturated heterocycles. The molecule has 1 aromatic heterocycles. The summed E-state index contributed by atoms with van der Waals surface area (Å²) in [6, 6.07) is 0.606. The second kappa shape index (κ2) is 6.81. The van der Waals surface area contributed by atoms with Gasteiger partial charge in [-0.2, -0.15) is 0 Å². The molecule has 1 amide bonds. The lowest BCUT2D eigenvalue weighted by Crippen LogP contribution is -2.50. The van der Waals surface area contributed by atoms with Crippen molar-refractivity contribution in [3.05, 3.63) is 27.9 Å². The Morgan fingerprint density at radius 1 is 1.38 bits per heavy atom. The number of hydrogen-bond donors (Lipinski definition) is 1. The van der Waals surface area contributed by atoms with Crippen molar-refractivity contribution in [1.82, 2.24) is 20.1 Å². The second-order valence-electron chi connectivity index (χ2n) is 6.72. The van der Waals surface area contributed by atoms with Gasteiger partial charge in [-0.15, -0.1) is 11.3 Å². The van der Waals surface area contributed by atoms with Crippen LogP contribution < -0.4 is 5.32 Å². The predicted octanol–water partition coefficient (Wildman–Crippen LogP) is 0.225. The zero-order valence-corrected chi connectivity index (χ0v) is 15.6. The van der Waals surface area contributed by atoms with Crippen LogP contribution in [0.2, 0.25) is 0 Å². The quantitative estimate of drug-likeness (QED) is 0.758. The van der Waals surface area contributed by atoms with Gasteiger partial charge in [0.2, 0.25) is 5.91 Å². The van der Waals surface area contributed by atoms with E-state index < -0.39 is 0 Å². The van der Waals surface area contributed by atoms with Crippen molar-refractivity contribution in [2.45, 2.75) is 25.4 Å². The van der Waals surface area contributed by atoms with Crippen LogP contribution in [0.25, 0.3) is 0 Å². The van der Waals surface area contributed by atoms with Gasteiger partial charge in [0.1, 0.15) is 0 Å². The lowest BCUT2D eigenvalue weighted by atomic mass is 10.1. The topological polar surface area (TPSA) is 87.1 Å². The number of thiazole rings is 1. The van der Waals surface area contributed by atoms with Crippen LogP contribution in [-0.4, -0.2) is 77.9 Å². The number of piperazine rings is 1. The summed E-state index contributed by atoms with van der Waals surface area (Å²) in [6.45, 7) is 4.11. The van der Waals surface area contributed by atoms with Gasteiger partial charge in [-0.05, 0) is 6.42 Å². The average Bonchev–Trinajstić information content (AvgIpc) is 3.37. The Balaban J connectivity index is 1.52. The van der Waals surface area contributed by atoms with Crippen LogP contribution in [0.1, 0.15) is 18.4 Å². The SMILES string of the molecule is COC(=O)C1=C(CN2CC3CC2CN3C(C)=O)NC(c2nccs2)=NC1. The van der Waals surface area contributed by atoms with Gasteiger partial charge < -0.3 is 15.0 Å². The van der Waals surface area contributed by atoms with Crippen molar-refractivity contribution in [3.63, 3.8) is 0 Å². The van der Waals surface area contributed by atoms with Crippen LogP contribution in [0.4, 0.5) is 0 Å². The first kappa shape index (κ1) is 17.2. The van der Waals surface area contributed by atoms with Crippen LogP contribution >= 0.6 is 11.3 Å². The second-order valence-corrected chi connectivity index (χ2v) is 7.61. The first-order chi connectivity index (χ1) is 12.6. The first-order valence-electron chi connectivity index (χ1n) is 8.59. The highest BCUT2D eigenvalue weighted by atomic mass is 32.1. The summed E-state index contributed by atoms with van der Waals surface area (Å²) in [6.07, 6.45) is 2.73. The van der Waals surface area contributed by atoms with Gasteiger partial charge in [0, 0.05) is 55.9 Å². The number of aromatic nitrogens is 1. The monoisotopic (exact) mass is 375 g/mol. The third-order valence-corrected chi connectivity index (χ3v) is 6.00. The van der Waals surface area contributed by atoms with Crippen molar-refractivity contribution in [2.24, 2.45) is 4.99 Å². The van der Waals surface area contributed by atoms with Crippen LogP contribution in [0.3, 0.4) is 0 Å². The first-order valence-corrected chi connectivity index (χ1v) is 9.47. The molecule has 3 aliphatic heterocycles. The Kier molecular flexibility index (Phi) is 4.49. The summed E-state index contributed by atoms with van der Waals surface area (Å²) in [5, 5.41) is 6.00. The van der Waals surface area contributed by atoms with E-state index in [9.17, 15) is 9.59 Å². The smallest absolute Gasteiger partial charge is 0.337 e. The number of rotatable bonds is 4. The standard InChI is InChI=1S/C17H21N5O3S/c1-10(23)22-8-11-5-12(22)7-21(11)9-14-13(17(24)25-2)6-19-15(20-14)16-18-3-4-26-16/h3-4,11-12H,5-9H2,1-2H3,(H,19,20). The Hall–Kier alpha value is -2.26. The normalized spacial score (nSPS) is 25.3. The Morgan fingerprint density at radius 3 is 2.85 bits per heavy atom. The van der Waals surface area contributed by atoms with Crippen LogP contribution in [0, 0.1) is 0 Å². The van der Waals surface area contributed by atoms with Gasteiger partial charge in [-0.3, -0.25) is 14.7 Å². The summed E-state index contributed by atoms with van der Waals surface area (Å²) in [7, 11) is 1.38. The van der Waals surface area contributed by atoms with Crippen molar-refractivity contribution in [3.8, 4) is 0 Å². The number of carbonyl (C=O) groups is 2. The van der Waals surface area contributed by atoms with Crippen LogP contribution in [0.5, 0.6) is 0 Å². The van der Waals surface area contributed by atoms with Crippen molar-refractivity contribution in [2.75, 3.05) is 33.3 Å². The third-order valence-electron chi connectivity index (χ3n) is 5.22. The van der Waals surface area contributed by atoms with Gasteiger partial charge in [-0.25, -0.2) is 9.78 Å². The molecule has 0 saturated carbocycles. The van der Waals surface area contributed by atoms with E-state index in [4.69, 9.17) is 4.74 Å². The molecule has 26 heavy (non-hydrogen) atoms. The molecule has 3 aliphatic rings. The molecule has 2 atom stereocenters. The Labute approximate surface area is 155 Å². The molecule has 1 N–H and O–H groups in total. The number of ether oxygens (including phenoxy) is 1. The van der Waals surface area contributed by atoms with Crippen LogP contribution in [-0.2, 0) is 14.3 Å². The number of nitrogens with one attached hydrogen (secondary N) is 1. The highest BCUT2D eigenvalue weighted by Gasteiger charge is 2.44. The maximum absolute atomic E-state index is 12.2. The number of methoxy groups -OCH3 is 1. The molecule has 1 aromatic rings. The summed E-state index contributed by atoms with van der Waals surface area (Å²) in [5.41, 5.74) is 1.37. The number of hydrogen-bond acceptors (Lipinski definition) is 8. The minimum atomic E-state index is -0.357. The molecule has 2 fully saturated rings. The van der Waals surface area contributed by atoms with E-state index in [1.165, 1.54) is 18.4 Å². The lowest BCUT2D eigenvalue weighted by Gasteiger charge is -2.35. The highest BCUT2D eigenvalue weighted by Crippen LogP contribution is 2.31.